The van der Waals surface area contributed by atoms with Crippen molar-refractivity contribution in [1.82, 2.24) is 0 Å². The van der Waals surface area contributed by atoms with E-state index >= 15 is 0 Å². The van der Waals surface area contributed by atoms with Crippen molar-refractivity contribution >= 4 is 17.7 Å². The molecule has 2 rings (SSSR count). The molecular formula is C12H13FO2S. The summed E-state index contributed by atoms with van der Waals surface area (Å²) in [5.74, 6) is -1.04. The van der Waals surface area contributed by atoms with Crippen molar-refractivity contribution in [2.75, 3.05) is 0 Å². The molecule has 0 amide bonds. The molecule has 0 atom stereocenters. The van der Waals surface area contributed by atoms with E-state index in [1.807, 2.05) is 0 Å². The quantitative estimate of drug-likeness (QED) is 0.880. The maximum atomic E-state index is 12.7. The van der Waals surface area contributed by atoms with Crippen molar-refractivity contribution in [3.63, 3.8) is 0 Å². The monoisotopic (exact) mass is 240 g/mol. The summed E-state index contributed by atoms with van der Waals surface area (Å²) in [6, 6.07) is 6.02. The molecule has 1 aromatic rings. The SMILES string of the molecule is O=C(O)C1(Sc2ccc(F)cc2)CCCC1. The number of thioether (sulfide) groups is 1. The van der Waals surface area contributed by atoms with Gasteiger partial charge in [0.1, 0.15) is 10.6 Å². The van der Waals surface area contributed by atoms with Crippen LogP contribution in [0.4, 0.5) is 4.39 Å². The molecule has 0 unspecified atom stereocenters. The molecule has 0 aliphatic heterocycles. The Bertz CT molecular complexity index is 383. The lowest BCUT2D eigenvalue weighted by molar-refractivity contribution is -0.139. The van der Waals surface area contributed by atoms with E-state index in [4.69, 9.17) is 0 Å². The highest BCUT2D eigenvalue weighted by molar-refractivity contribution is 8.01. The molecule has 0 saturated heterocycles. The highest BCUT2D eigenvalue weighted by Gasteiger charge is 2.42. The van der Waals surface area contributed by atoms with E-state index in [0.717, 1.165) is 17.7 Å². The third kappa shape index (κ3) is 2.21. The number of rotatable bonds is 3. The van der Waals surface area contributed by atoms with Crippen LogP contribution in [0.25, 0.3) is 0 Å². The van der Waals surface area contributed by atoms with Crippen molar-refractivity contribution in [1.29, 1.82) is 0 Å². The third-order valence-corrected chi connectivity index (χ3v) is 4.41. The van der Waals surface area contributed by atoms with Crippen LogP contribution in [0.15, 0.2) is 29.2 Å². The van der Waals surface area contributed by atoms with Gasteiger partial charge in [-0.15, -0.1) is 11.8 Å². The number of hydrogen-bond acceptors (Lipinski definition) is 2. The number of carboxylic acid groups (broad SMARTS) is 1. The number of benzene rings is 1. The fourth-order valence-corrected chi connectivity index (χ4v) is 3.34. The van der Waals surface area contributed by atoms with Crippen LogP contribution in [0.2, 0.25) is 0 Å². The summed E-state index contributed by atoms with van der Waals surface area (Å²) in [7, 11) is 0. The van der Waals surface area contributed by atoms with Gasteiger partial charge in [-0.25, -0.2) is 4.39 Å². The lowest BCUT2D eigenvalue weighted by atomic mass is 10.1. The molecule has 86 valence electrons. The average molecular weight is 240 g/mol. The van der Waals surface area contributed by atoms with Crippen molar-refractivity contribution < 1.29 is 14.3 Å². The van der Waals surface area contributed by atoms with Gasteiger partial charge in [0.2, 0.25) is 0 Å². The second kappa shape index (κ2) is 4.45. The molecule has 0 aromatic heterocycles. The van der Waals surface area contributed by atoms with E-state index in [1.54, 1.807) is 12.1 Å². The Morgan fingerprint density at radius 2 is 1.81 bits per heavy atom. The van der Waals surface area contributed by atoms with Crippen LogP contribution >= 0.6 is 11.8 Å². The molecule has 0 bridgehead atoms. The van der Waals surface area contributed by atoms with Crippen LogP contribution in [-0.4, -0.2) is 15.8 Å². The molecule has 1 aliphatic carbocycles. The fourth-order valence-electron chi connectivity index (χ4n) is 2.03. The first-order valence-corrected chi connectivity index (χ1v) is 6.12. The van der Waals surface area contributed by atoms with Gasteiger partial charge in [0.05, 0.1) is 0 Å². The Labute approximate surface area is 97.9 Å². The Hall–Kier alpha value is -1.03. The second-order valence-electron chi connectivity index (χ2n) is 4.06. The minimum absolute atomic E-state index is 0.292. The average Bonchev–Trinajstić information content (AvgIpc) is 2.71. The molecular weight excluding hydrogens is 227 g/mol. The summed E-state index contributed by atoms with van der Waals surface area (Å²) in [5.41, 5.74) is 0. The minimum Gasteiger partial charge on any atom is -0.480 e. The molecule has 0 spiro atoms. The molecule has 1 aliphatic rings. The Morgan fingerprint density at radius 3 is 2.31 bits per heavy atom. The van der Waals surface area contributed by atoms with Crippen LogP contribution in [0, 0.1) is 5.82 Å². The molecule has 1 saturated carbocycles. The first-order valence-electron chi connectivity index (χ1n) is 5.30. The minimum atomic E-state index is -0.751. The maximum absolute atomic E-state index is 12.7. The first-order chi connectivity index (χ1) is 7.62. The van der Waals surface area contributed by atoms with Gasteiger partial charge in [0, 0.05) is 4.90 Å². The van der Waals surface area contributed by atoms with Crippen molar-refractivity contribution in [2.24, 2.45) is 0 Å². The van der Waals surface area contributed by atoms with Gasteiger partial charge >= 0.3 is 5.97 Å². The van der Waals surface area contributed by atoms with Gasteiger partial charge in [-0.2, -0.15) is 0 Å². The number of hydrogen-bond donors (Lipinski definition) is 1. The Morgan fingerprint density at radius 1 is 1.25 bits per heavy atom. The van der Waals surface area contributed by atoms with E-state index in [2.05, 4.69) is 0 Å². The second-order valence-corrected chi connectivity index (χ2v) is 5.52. The van der Waals surface area contributed by atoms with Crippen LogP contribution in [0.3, 0.4) is 0 Å². The lowest BCUT2D eigenvalue weighted by Crippen LogP contribution is -2.31. The number of carbonyl (C=O) groups is 1. The zero-order chi connectivity index (χ0) is 11.6. The molecule has 0 heterocycles. The predicted molar refractivity (Wildman–Crippen MR) is 61.1 cm³/mol. The highest BCUT2D eigenvalue weighted by atomic mass is 32.2. The van der Waals surface area contributed by atoms with Crippen LogP contribution in [-0.2, 0) is 4.79 Å². The molecule has 16 heavy (non-hydrogen) atoms. The number of halogens is 1. The van der Waals surface area contributed by atoms with E-state index in [9.17, 15) is 14.3 Å². The van der Waals surface area contributed by atoms with Crippen LogP contribution in [0.5, 0.6) is 0 Å². The van der Waals surface area contributed by atoms with Gasteiger partial charge in [-0.05, 0) is 37.1 Å². The summed E-state index contributed by atoms with van der Waals surface area (Å²) in [4.78, 5) is 12.1. The Balaban J connectivity index is 2.18. The summed E-state index contributed by atoms with van der Waals surface area (Å²) < 4.78 is 12.0. The molecule has 4 heteroatoms. The van der Waals surface area contributed by atoms with E-state index in [1.165, 1.54) is 23.9 Å². The highest BCUT2D eigenvalue weighted by Crippen LogP contribution is 2.45. The third-order valence-electron chi connectivity index (χ3n) is 2.93. The van der Waals surface area contributed by atoms with Crippen LogP contribution < -0.4 is 0 Å². The normalized spacial score (nSPS) is 18.6. The predicted octanol–water partition coefficient (Wildman–Crippen LogP) is 3.32. The number of aliphatic carboxylic acids is 1. The summed E-state index contributed by atoms with van der Waals surface area (Å²) in [6.45, 7) is 0. The van der Waals surface area contributed by atoms with E-state index in [-0.39, 0.29) is 5.82 Å². The standard InChI is InChI=1S/C12H13FO2S/c13-9-3-5-10(6-4-9)16-12(11(14)15)7-1-2-8-12/h3-6H,1-2,7-8H2,(H,14,15). The molecule has 0 radical (unpaired) electrons. The summed E-state index contributed by atoms with van der Waals surface area (Å²) >= 11 is 1.35. The van der Waals surface area contributed by atoms with Gasteiger partial charge in [-0.1, -0.05) is 12.8 Å². The fraction of sp³-hybridized carbons (Fsp3) is 0.417. The van der Waals surface area contributed by atoms with Gasteiger partial charge in [0.25, 0.3) is 0 Å². The smallest absolute Gasteiger partial charge is 0.320 e. The van der Waals surface area contributed by atoms with Gasteiger partial charge in [-0.3, -0.25) is 4.79 Å². The zero-order valence-electron chi connectivity index (χ0n) is 8.78. The van der Waals surface area contributed by atoms with Gasteiger partial charge in [0.15, 0.2) is 0 Å². The molecule has 1 N–H and O–H groups in total. The topological polar surface area (TPSA) is 37.3 Å². The summed E-state index contributed by atoms with van der Waals surface area (Å²) in [6.07, 6.45) is 3.32. The van der Waals surface area contributed by atoms with E-state index in [0.29, 0.717) is 12.8 Å². The lowest BCUT2D eigenvalue weighted by Gasteiger charge is -2.22. The van der Waals surface area contributed by atoms with Crippen LogP contribution in [0.1, 0.15) is 25.7 Å². The zero-order valence-corrected chi connectivity index (χ0v) is 9.60. The van der Waals surface area contributed by atoms with Crippen molar-refractivity contribution in [2.45, 2.75) is 35.3 Å². The molecule has 2 nitrogen and oxygen atoms in total. The van der Waals surface area contributed by atoms with Gasteiger partial charge < -0.3 is 5.11 Å². The van der Waals surface area contributed by atoms with Crippen molar-refractivity contribution in [3.05, 3.63) is 30.1 Å². The molecule has 1 fully saturated rings. The molecule has 1 aromatic carbocycles. The first kappa shape index (κ1) is 11.5. The van der Waals surface area contributed by atoms with Crippen molar-refractivity contribution in [3.8, 4) is 0 Å². The Kier molecular flexibility index (Phi) is 3.19. The van der Waals surface area contributed by atoms with E-state index < -0.39 is 10.7 Å². The summed E-state index contributed by atoms with van der Waals surface area (Å²) in [5, 5.41) is 9.28. The largest absolute Gasteiger partial charge is 0.480 e. The maximum Gasteiger partial charge on any atom is 0.320 e. The number of carboxylic acids is 1.